The summed E-state index contributed by atoms with van der Waals surface area (Å²) in [6.45, 7) is 4.04. The lowest BCUT2D eigenvalue weighted by Crippen LogP contribution is -2.24. The van der Waals surface area contributed by atoms with E-state index in [2.05, 4.69) is 15.3 Å². The van der Waals surface area contributed by atoms with Gasteiger partial charge in [-0.15, -0.1) is 0 Å². The van der Waals surface area contributed by atoms with Gasteiger partial charge in [-0.05, 0) is 31.5 Å². The van der Waals surface area contributed by atoms with Crippen molar-refractivity contribution in [3.05, 3.63) is 41.5 Å². The fourth-order valence-electron chi connectivity index (χ4n) is 1.82. The summed E-state index contributed by atoms with van der Waals surface area (Å²) in [5.41, 5.74) is 2.00. The molecule has 0 bridgehead atoms. The van der Waals surface area contributed by atoms with E-state index >= 15 is 0 Å². The van der Waals surface area contributed by atoms with E-state index in [1.54, 1.807) is 13.0 Å². The van der Waals surface area contributed by atoms with Crippen molar-refractivity contribution >= 4 is 16.9 Å². The summed E-state index contributed by atoms with van der Waals surface area (Å²) >= 11 is 0. The third-order valence-electron chi connectivity index (χ3n) is 2.78. The van der Waals surface area contributed by atoms with E-state index in [9.17, 15) is 9.18 Å². The zero-order valence-electron chi connectivity index (χ0n) is 11.0. The Morgan fingerprint density at radius 2 is 2.32 bits per heavy atom. The van der Waals surface area contributed by atoms with Gasteiger partial charge in [0.05, 0.1) is 17.6 Å². The molecule has 0 unspecified atom stereocenters. The van der Waals surface area contributed by atoms with E-state index in [-0.39, 0.29) is 11.7 Å². The maximum absolute atomic E-state index is 13.0. The van der Waals surface area contributed by atoms with Crippen molar-refractivity contribution < 1.29 is 9.18 Å². The predicted molar refractivity (Wildman–Crippen MR) is 71.9 cm³/mol. The van der Waals surface area contributed by atoms with Crippen molar-refractivity contribution in [1.29, 1.82) is 0 Å². The summed E-state index contributed by atoms with van der Waals surface area (Å²) in [6.07, 6.45) is 2.69. The molecule has 0 saturated carbocycles. The first-order valence-corrected chi connectivity index (χ1v) is 6.19. The summed E-state index contributed by atoms with van der Waals surface area (Å²) in [6, 6.07) is 4.35. The van der Waals surface area contributed by atoms with Crippen LogP contribution in [0.4, 0.5) is 4.39 Å². The second kappa shape index (κ2) is 5.65. The fraction of sp³-hybridized carbons (Fsp3) is 0.286. The summed E-state index contributed by atoms with van der Waals surface area (Å²) in [4.78, 5) is 18.9. The van der Waals surface area contributed by atoms with E-state index in [4.69, 9.17) is 0 Å². The van der Waals surface area contributed by atoms with E-state index in [1.807, 2.05) is 13.0 Å². The molecule has 1 aromatic heterocycles. The van der Waals surface area contributed by atoms with Crippen molar-refractivity contribution in [1.82, 2.24) is 15.3 Å². The van der Waals surface area contributed by atoms with Crippen molar-refractivity contribution in [2.24, 2.45) is 0 Å². The van der Waals surface area contributed by atoms with Gasteiger partial charge in [-0.3, -0.25) is 4.79 Å². The van der Waals surface area contributed by atoms with Crippen molar-refractivity contribution in [3.63, 3.8) is 0 Å². The van der Waals surface area contributed by atoms with Gasteiger partial charge in [0.1, 0.15) is 11.6 Å². The number of aromatic nitrogens is 2. The molecule has 0 aliphatic heterocycles. The van der Waals surface area contributed by atoms with Crippen LogP contribution in [-0.2, 0) is 11.3 Å². The minimum atomic E-state index is -0.312. The molecule has 1 amide bonds. The molecule has 0 radical (unpaired) electrons. The summed E-state index contributed by atoms with van der Waals surface area (Å²) in [7, 11) is 0. The molecule has 5 heteroatoms. The number of allylic oxidation sites excluding steroid dienone is 1. The van der Waals surface area contributed by atoms with Gasteiger partial charge in [0.2, 0.25) is 5.91 Å². The summed E-state index contributed by atoms with van der Waals surface area (Å²) in [5.74, 6) is 0.181. The Bertz CT molecular complexity index is 631. The number of rotatable bonds is 4. The highest BCUT2D eigenvalue weighted by Gasteiger charge is 2.07. The Morgan fingerprint density at radius 3 is 3.05 bits per heavy atom. The topological polar surface area (TPSA) is 57.8 Å². The van der Waals surface area contributed by atoms with E-state index < -0.39 is 0 Å². The largest absolute Gasteiger partial charge is 0.345 e. The van der Waals surface area contributed by atoms with Crippen LogP contribution in [0.3, 0.4) is 0 Å². The monoisotopic (exact) mass is 261 g/mol. The second-order valence-corrected chi connectivity index (χ2v) is 4.32. The average molecular weight is 261 g/mol. The number of nitrogens with zero attached hydrogens (tertiary/aromatic N) is 1. The van der Waals surface area contributed by atoms with Crippen LogP contribution in [0.25, 0.3) is 11.0 Å². The minimum Gasteiger partial charge on any atom is -0.345 e. The lowest BCUT2D eigenvalue weighted by Gasteiger charge is -2.02. The fourth-order valence-corrected chi connectivity index (χ4v) is 1.82. The van der Waals surface area contributed by atoms with Gasteiger partial charge in [0, 0.05) is 5.57 Å². The molecule has 4 nitrogen and oxygen atoms in total. The first kappa shape index (κ1) is 13.3. The molecule has 0 spiro atoms. The first-order chi connectivity index (χ1) is 9.10. The van der Waals surface area contributed by atoms with E-state index in [1.165, 1.54) is 12.1 Å². The van der Waals surface area contributed by atoms with E-state index in [0.717, 1.165) is 6.42 Å². The number of carbonyl (C=O) groups is 1. The molecular weight excluding hydrogens is 245 g/mol. The molecule has 100 valence electrons. The summed E-state index contributed by atoms with van der Waals surface area (Å²) < 4.78 is 13.0. The zero-order valence-corrected chi connectivity index (χ0v) is 11.0. The van der Waals surface area contributed by atoms with Crippen molar-refractivity contribution in [2.45, 2.75) is 26.8 Å². The van der Waals surface area contributed by atoms with Gasteiger partial charge < -0.3 is 10.3 Å². The van der Waals surface area contributed by atoms with Gasteiger partial charge >= 0.3 is 0 Å². The van der Waals surface area contributed by atoms with Gasteiger partial charge in [-0.1, -0.05) is 13.0 Å². The molecule has 1 heterocycles. The predicted octanol–water partition coefficient (Wildman–Crippen LogP) is 2.67. The number of halogens is 1. The van der Waals surface area contributed by atoms with Crippen LogP contribution in [0.2, 0.25) is 0 Å². The Morgan fingerprint density at radius 1 is 1.53 bits per heavy atom. The molecule has 0 fully saturated rings. The van der Waals surface area contributed by atoms with Gasteiger partial charge in [-0.25, -0.2) is 9.37 Å². The Kier molecular flexibility index (Phi) is 3.94. The number of amides is 1. The molecule has 2 aromatic rings. The third-order valence-corrected chi connectivity index (χ3v) is 2.78. The van der Waals surface area contributed by atoms with Crippen LogP contribution in [0, 0.1) is 5.82 Å². The highest BCUT2D eigenvalue weighted by Crippen LogP contribution is 2.12. The Balaban J connectivity index is 2.06. The van der Waals surface area contributed by atoms with Crippen molar-refractivity contribution in [3.8, 4) is 0 Å². The van der Waals surface area contributed by atoms with Crippen molar-refractivity contribution in [2.75, 3.05) is 0 Å². The second-order valence-electron chi connectivity index (χ2n) is 4.32. The summed E-state index contributed by atoms with van der Waals surface area (Å²) in [5, 5.41) is 2.76. The molecule has 2 rings (SSSR count). The number of H-pyrrole nitrogens is 1. The maximum Gasteiger partial charge on any atom is 0.246 e. The lowest BCUT2D eigenvalue weighted by atomic mass is 10.2. The quantitative estimate of drug-likeness (QED) is 0.831. The number of hydrogen-bond acceptors (Lipinski definition) is 2. The van der Waals surface area contributed by atoms with E-state index in [0.29, 0.717) is 29.0 Å². The Labute approximate surface area is 110 Å². The number of fused-ring (bicyclic) bond motifs is 1. The van der Waals surface area contributed by atoms with Crippen LogP contribution in [0.1, 0.15) is 26.1 Å². The average Bonchev–Trinajstić information content (AvgIpc) is 2.78. The van der Waals surface area contributed by atoms with Crippen LogP contribution in [-0.4, -0.2) is 15.9 Å². The molecule has 0 atom stereocenters. The maximum atomic E-state index is 13.0. The number of carbonyl (C=O) groups excluding carboxylic acids is 1. The number of imidazole rings is 1. The Hall–Kier alpha value is -2.17. The number of aromatic amines is 1. The highest BCUT2D eigenvalue weighted by molar-refractivity contribution is 5.92. The smallest absolute Gasteiger partial charge is 0.246 e. The van der Waals surface area contributed by atoms with Gasteiger partial charge in [-0.2, -0.15) is 0 Å². The third kappa shape index (κ3) is 3.19. The number of benzene rings is 1. The van der Waals surface area contributed by atoms with Gasteiger partial charge in [0.25, 0.3) is 0 Å². The first-order valence-electron chi connectivity index (χ1n) is 6.19. The molecule has 0 aliphatic rings. The van der Waals surface area contributed by atoms with Crippen LogP contribution in [0.5, 0.6) is 0 Å². The van der Waals surface area contributed by atoms with Crippen LogP contribution >= 0.6 is 0 Å². The normalized spacial score (nSPS) is 11.8. The molecule has 0 aliphatic carbocycles. The number of nitrogens with one attached hydrogen (secondary N) is 2. The standard InChI is InChI=1S/C14H16FN3O/c1-3-4-9(2)14(19)16-8-13-17-11-6-5-10(15)7-12(11)18-13/h4-7H,3,8H2,1-2H3,(H,16,19)(H,17,18). The number of hydrogen-bond donors (Lipinski definition) is 2. The van der Waals surface area contributed by atoms with Crippen LogP contribution in [0.15, 0.2) is 29.8 Å². The van der Waals surface area contributed by atoms with Gasteiger partial charge in [0.15, 0.2) is 0 Å². The lowest BCUT2D eigenvalue weighted by molar-refractivity contribution is -0.117. The van der Waals surface area contributed by atoms with Crippen LogP contribution < -0.4 is 5.32 Å². The minimum absolute atomic E-state index is 0.117. The molecule has 2 N–H and O–H groups in total. The zero-order chi connectivity index (χ0) is 13.8. The highest BCUT2D eigenvalue weighted by atomic mass is 19.1. The molecular formula is C14H16FN3O. The SMILES string of the molecule is CCC=C(C)C(=O)NCc1nc2ccc(F)cc2[nH]1. The molecule has 19 heavy (non-hydrogen) atoms. The molecule has 1 aromatic carbocycles. The molecule has 0 saturated heterocycles.